The van der Waals surface area contributed by atoms with Crippen LogP contribution < -0.4 is 0 Å². The second kappa shape index (κ2) is 7.47. The number of nitrogens with zero attached hydrogens (tertiary/aromatic N) is 1. The number of imide groups is 1. The number of furan rings is 1. The Morgan fingerprint density at radius 3 is 2.44 bits per heavy atom. The van der Waals surface area contributed by atoms with Crippen molar-refractivity contribution in [1.82, 2.24) is 4.90 Å². The Hall–Kier alpha value is -2.76. The molecule has 1 aromatic heterocycles. The highest BCUT2D eigenvalue weighted by Gasteiger charge is 2.35. The van der Waals surface area contributed by atoms with Gasteiger partial charge in [-0.2, -0.15) is 0 Å². The smallest absolute Gasteiger partial charge is 0.293 e. The molecule has 0 aliphatic carbocycles. The van der Waals surface area contributed by atoms with Crippen LogP contribution in [0.4, 0.5) is 4.79 Å². The van der Waals surface area contributed by atoms with E-state index in [-0.39, 0.29) is 17.7 Å². The molecule has 0 saturated carbocycles. The van der Waals surface area contributed by atoms with E-state index in [0.29, 0.717) is 21.4 Å². The number of rotatable bonds is 4. The normalized spacial score (nSPS) is 15.7. The van der Waals surface area contributed by atoms with Crippen molar-refractivity contribution in [3.8, 4) is 11.3 Å². The van der Waals surface area contributed by atoms with E-state index >= 15 is 0 Å². The summed E-state index contributed by atoms with van der Waals surface area (Å²) >= 11 is 6.79. The van der Waals surface area contributed by atoms with Crippen molar-refractivity contribution in [2.24, 2.45) is 0 Å². The van der Waals surface area contributed by atoms with E-state index < -0.39 is 0 Å². The van der Waals surface area contributed by atoms with Gasteiger partial charge in [-0.3, -0.25) is 14.5 Å². The Kier molecular flexibility index (Phi) is 4.88. The molecule has 1 saturated heterocycles. The van der Waals surface area contributed by atoms with Gasteiger partial charge in [0.1, 0.15) is 11.5 Å². The number of carbonyl (C=O) groups excluding carboxylic acids is 2. The Balaban J connectivity index is 1.53. The molecule has 1 aliphatic rings. The van der Waals surface area contributed by atoms with Crippen LogP contribution in [0.5, 0.6) is 0 Å². The maximum absolute atomic E-state index is 12.6. The van der Waals surface area contributed by atoms with E-state index in [1.807, 2.05) is 36.4 Å². The Morgan fingerprint density at radius 1 is 0.963 bits per heavy atom. The lowest BCUT2D eigenvalue weighted by atomic mass is 10.2. The van der Waals surface area contributed by atoms with Crippen LogP contribution in [0.15, 0.2) is 76.1 Å². The highest BCUT2D eigenvalue weighted by molar-refractivity contribution is 8.18. The van der Waals surface area contributed by atoms with Gasteiger partial charge in [-0.15, -0.1) is 0 Å². The highest BCUT2D eigenvalue weighted by atomic mass is 35.5. The van der Waals surface area contributed by atoms with Crippen molar-refractivity contribution in [2.75, 3.05) is 0 Å². The van der Waals surface area contributed by atoms with Gasteiger partial charge >= 0.3 is 0 Å². The average molecular weight is 396 g/mol. The first-order valence-electron chi connectivity index (χ1n) is 8.25. The second-order valence-corrected chi connectivity index (χ2v) is 7.39. The van der Waals surface area contributed by atoms with Gasteiger partial charge in [-0.1, -0.05) is 54.1 Å². The molecule has 2 heterocycles. The largest absolute Gasteiger partial charge is 0.457 e. The molecule has 0 radical (unpaired) electrons. The summed E-state index contributed by atoms with van der Waals surface area (Å²) in [6, 6.07) is 20.4. The molecule has 0 atom stereocenters. The minimum atomic E-state index is -0.322. The number of amides is 2. The van der Waals surface area contributed by atoms with Crippen LogP contribution in [0, 0.1) is 0 Å². The van der Waals surface area contributed by atoms with Crippen molar-refractivity contribution < 1.29 is 14.0 Å². The lowest BCUT2D eigenvalue weighted by Crippen LogP contribution is -2.27. The highest BCUT2D eigenvalue weighted by Crippen LogP contribution is 2.34. The maximum Gasteiger partial charge on any atom is 0.293 e. The van der Waals surface area contributed by atoms with Crippen molar-refractivity contribution in [3.63, 3.8) is 0 Å². The molecule has 2 amide bonds. The first-order chi connectivity index (χ1) is 13.1. The molecule has 4 nitrogen and oxygen atoms in total. The fraction of sp³-hybridized carbons (Fsp3) is 0.0476. The Bertz CT molecular complexity index is 1030. The maximum atomic E-state index is 12.6. The van der Waals surface area contributed by atoms with E-state index in [4.69, 9.17) is 16.0 Å². The third-order valence-corrected chi connectivity index (χ3v) is 5.25. The number of hydrogen-bond donors (Lipinski definition) is 0. The molecule has 1 fully saturated rings. The summed E-state index contributed by atoms with van der Waals surface area (Å²) in [6.45, 7) is 0.215. The molecular formula is C21H14ClNO3S. The SMILES string of the molecule is O=C1S/C(=C\c2ccc(-c3ccccc3)o2)C(=O)N1Cc1ccc(Cl)cc1. The number of hydrogen-bond acceptors (Lipinski definition) is 4. The van der Waals surface area contributed by atoms with Gasteiger partial charge in [0.25, 0.3) is 11.1 Å². The predicted octanol–water partition coefficient (Wildman–Crippen LogP) is 5.84. The van der Waals surface area contributed by atoms with Crippen LogP contribution in [0.2, 0.25) is 5.02 Å². The topological polar surface area (TPSA) is 50.5 Å². The predicted molar refractivity (Wildman–Crippen MR) is 107 cm³/mol. The fourth-order valence-electron chi connectivity index (χ4n) is 2.73. The minimum absolute atomic E-state index is 0.215. The van der Waals surface area contributed by atoms with Crippen molar-refractivity contribution in [3.05, 3.63) is 88.0 Å². The third kappa shape index (κ3) is 3.84. The van der Waals surface area contributed by atoms with E-state index in [1.54, 1.807) is 36.4 Å². The van der Waals surface area contributed by atoms with Gasteiger partial charge in [0.05, 0.1) is 11.4 Å². The summed E-state index contributed by atoms with van der Waals surface area (Å²) in [7, 11) is 0. The van der Waals surface area contributed by atoms with E-state index in [9.17, 15) is 9.59 Å². The van der Waals surface area contributed by atoms with E-state index in [2.05, 4.69) is 0 Å². The number of benzene rings is 2. The van der Waals surface area contributed by atoms with Gasteiger partial charge < -0.3 is 4.42 Å². The van der Waals surface area contributed by atoms with E-state index in [0.717, 1.165) is 22.9 Å². The quantitative estimate of drug-likeness (QED) is 0.521. The first kappa shape index (κ1) is 17.6. The summed E-state index contributed by atoms with van der Waals surface area (Å²) in [5.41, 5.74) is 1.79. The summed E-state index contributed by atoms with van der Waals surface area (Å²) in [6.07, 6.45) is 1.61. The average Bonchev–Trinajstić information content (AvgIpc) is 3.25. The van der Waals surface area contributed by atoms with Crippen LogP contribution in [-0.2, 0) is 11.3 Å². The number of halogens is 1. The second-order valence-electron chi connectivity index (χ2n) is 5.96. The molecule has 4 rings (SSSR count). The van der Waals surface area contributed by atoms with Crippen molar-refractivity contribution in [2.45, 2.75) is 6.54 Å². The van der Waals surface area contributed by atoms with Crippen LogP contribution in [0.3, 0.4) is 0 Å². The lowest BCUT2D eigenvalue weighted by Gasteiger charge is -2.12. The van der Waals surface area contributed by atoms with Gasteiger partial charge in [0.2, 0.25) is 0 Å². The van der Waals surface area contributed by atoms with Gasteiger partial charge in [-0.05, 0) is 41.6 Å². The molecule has 134 valence electrons. The molecule has 0 spiro atoms. The zero-order chi connectivity index (χ0) is 18.8. The van der Waals surface area contributed by atoms with Crippen molar-refractivity contribution in [1.29, 1.82) is 0 Å². The summed E-state index contributed by atoms with van der Waals surface area (Å²) in [5.74, 6) is 0.922. The molecule has 6 heteroatoms. The van der Waals surface area contributed by atoms with Crippen LogP contribution >= 0.6 is 23.4 Å². The molecule has 1 aliphatic heterocycles. The molecular weight excluding hydrogens is 382 g/mol. The number of carbonyl (C=O) groups is 2. The Morgan fingerprint density at radius 2 is 1.70 bits per heavy atom. The zero-order valence-corrected chi connectivity index (χ0v) is 15.7. The Labute approximate surface area is 165 Å². The molecule has 3 aromatic rings. The standard InChI is InChI=1S/C21H14ClNO3S/c22-16-8-6-14(7-9-16)13-23-20(24)19(27-21(23)25)12-17-10-11-18(26-17)15-4-2-1-3-5-15/h1-12H,13H2/b19-12-. The van der Waals surface area contributed by atoms with Gasteiger partial charge in [-0.25, -0.2) is 0 Å². The van der Waals surface area contributed by atoms with Crippen molar-refractivity contribution >= 4 is 40.6 Å². The van der Waals surface area contributed by atoms with Crippen LogP contribution in [0.1, 0.15) is 11.3 Å². The van der Waals surface area contributed by atoms with Crippen LogP contribution in [0.25, 0.3) is 17.4 Å². The zero-order valence-electron chi connectivity index (χ0n) is 14.1. The molecule has 0 bridgehead atoms. The monoisotopic (exact) mass is 395 g/mol. The minimum Gasteiger partial charge on any atom is -0.457 e. The summed E-state index contributed by atoms with van der Waals surface area (Å²) in [4.78, 5) is 26.4. The number of thioether (sulfide) groups is 1. The molecule has 0 unspecified atom stereocenters. The molecule has 0 N–H and O–H groups in total. The van der Waals surface area contributed by atoms with Gasteiger partial charge in [0.15, 0.2) is 0 Å². The van der Waals surface area contributed by atoms with Gasteiger partial charge in [0, 0.05) is 16.7 Å². The lowest BCUT2D eigenvalue weighted by molar-refractivity contribution is -0.123. The van der Waals surface area contributed by atoms with E-state index in [1.165, 1.54) is 4.90 Å². The van der Waals surface area contributed by atoms with Crippen LogP contribution in [-0.4, -0.2) is 16.0 Å². The third-order valence-electron chi connectivity index (χ3n) is 4.09. The molecule has 27 heavy (non-hydrogen) atoms. The first-order valence-corrected chi connectivity index (χ1v) is 9.45. The summed E-state index contributed by atoms with van der Waals surface area (Å²) < 4.78 is 5.80. The summed E-state index contributed by atoms with van der Waals surface area (Å²) in [5, 5.41) is 0.316. The fourth-order valence-corrected chi connectivity index (χ4v) is 3.67. The molecule has 2 aromatic carbocycles.